The standard InChI is InChI=1S/C16H20N2O2/c1-3-7-18(10-13-5-4-6-15(17)9-13)16(19)14-8-12(2)20-11-14/h4-6,8-9,11H,3,7,10,17H2,1-2H3. The van der Waals surface area contributed by atoms with Crippen molar-refractivity contribution in [2.24, 2.45) is 0 Å². The Morgan fingerprint density at radius 2 is 2.15 bits per heavy atom. The summed E-state index contributed by atoms with van der Waals surface area (Å²) in [5.41, 5.74) is 8.13. The number of nitrogens with two attached hydrogens (primary N) is 1. The molecule has 0 aliphatic carbocycles. The molecule has 1 heterocycles. The van der Waals surface area contributed by atoms with Crippen LogP contribution in [0, 0.1) is 6.92 Å². The van der Waals surface area contributed by atoms with E-state index in [1.807, 2.05) is 36.1 Å². The van der Waals surface area contributed by atoms with Gasteiger partial charge in [-0.15, -0.1) is 0 Å². The zero-order chi connectivity index (χ0) is 14.5. The molecule has 0 aliphatic rings. The fraction of sp³-hybridized carbons (Fsp3) is 0.312. The van der Waals surface area contributed by atoms with Crippen LogP contribution in [0.5, 0.6) is 0 Å². The summed E-state index contributed by atoms with van der Waals surface area (Å²) in [6, 6.07) is 9.39. The highest BCUT2D eigenvalue weighted by molar-refractivity contribution is 5.94. The number of amides is 1. The first-order valence-electron chi connectivity index (χ1n) is 6.79. The van der Waals surface area contributed by atoms with Gasteiger partial charge in [0.15, 0.2) is 0 Å². The zero-order valence-electron chi connectivity index (χ0n) is 11.9. The second-order valence-electron chi connectivity index (χ2n) is 4.92. The van der Waals surface area contributed by atoms with Crippen LogP contribution in [0.4, 0.5) is 5.69 Å². The summed E-state index contributed by atoms with van der Waals surface area (Å²) in [5.74, 6) is 0.736. The zero-order valence-corrected chi connectivity index (χ0v) is 11.9. The van der Waals surface area contributed by atoms with Gasteiger partial charge < -0.3 is 15.1 Å². The van der Waals surface area contributed by atoms with Crippen molar-refractivity contribution in [2.75, 3.05) is 12.3 Å². The Hall–Kier alpha value is -2.23. The molecule has 106 valence electrons. The van der Waals surface area contributed by atoms with Gasteiger partial charge >= 0.3 is 0 Å². The third kappa shape index (κ3) is 3.41. The molecule has 0 aliphatic heterocycles. The second-order valence-corrected chi connectivity index (χ2v) is 4.92. The highest BCUT2D eigenvalue weighted by Crippen LogP contribution is 2.15. The molecule has 2 rings (SSSR count). The molecular weight excluding hydrogens is 252 g/mol. The van der Waals surface area contributed by atoms with Crippen LogP contribution in [0.15, 0.2) is 41.0 Å². The monoisotopic (exact) mass is 272 g/mol. The predicted octanol–water partition coefficient (Wildman–Crippen LogP) is 3.22. The van der Waals surface area contributed by atoms with E-state index in [9.17, 15) is 4.79 Å². The quantitative estimate of drug-likeness (QED) is 0.850. The molecule has 0 bridgehead atoms. The molecule has 0 saturated heterocycles. The molecule has 0 fully saturated rings. The second kappa shape index (κ2) is 6.28. The van der Waals surface area contributed by atoms with Crippen LogP contribution < -0.4 is 5.73 Å². The third-order valence-corrected chi connectivity index (χ3v) is 3.08. The Morgan fingerprint density at radius 1 is 1.35 bits per heavy atom. The third-order valence-electron chi connectivity index (χ3n) is 3.08. The molecule has 1 aromatic heterocycles. The topological polar surface area (TPSA) is 59.5 Å². The average molecular weight is 272 g/mol. The van der Waals surface area contributed by atoms with Crippen molar-refractivity contribution in [2.45, 2.75) is 26.8 Å². The van der Waals surface area contributed by atoms with Crippen molar-refractivity contribution in [3.8, 4) is 0 Å². The average Bonchev–Trinajstić information content (AvgIpc) is 2.84. The van der Waals surface area contributed by atoms with Crippen LogP contribution in [0.1, 0.15) is 35.0 Å². The minimum absolute atomic E-state index is 0.00822. The number of nitrogens with zero attached hydrogens (tertiary/aromatic N) is 1. The minimum atomic E-state index is -0.00822. The molecule has 4 nitrogen and oxygen atoms in total. The number of rotatable bonds is 5. The van der Waals surface area contributed by atoms with E-state index in [0.717, 1.165) is 17.7 Å². The van der Waals surface area contributed by atoms with Crippen LogP contribution in [-0.4, -0.2) is 17.4 Å². The van der Waals surface area contributed by atoms with Crippen LogP contribution in [0.2, 0.25) is 0 Å². The van der Waals surface area contributed by atoms with Gasteiger partial charge in [-0.05, 0) is 37.1 Å². The lowest BCUT2D eigenvalue weighted by Crippen LogP contribution is -2.31. The Kier molecular flexibility index (Phi) is 4.45. The van der Waals surface area contributed by atoms with E-state index < -0.39 is 0 Å². The summed E-state index contributed by atoms with van der Waals surface area (Å²) < 4.78 is 5.22. The van der Waals surface area contributed by atoms with Crippen molar-refractivity contribution in [1.29, 1.82) is 0 Å². The minimum Gasteiger partial charge on any atom is -0.469 e. The fourth-order valence-electron chi connectivity index (χ4n) is 2.17. The lowest BCUT2D eigenvalue weighted by atomic mass is 10.1. The Morgan fingerprint density at radius 3 is 2.75 bits per heavy atom. The van der Waals surface area contributed by atoms with E-state index in [1.165, 1.54) is 6.26 Å². The van der Waals surface area contributed by atoms with E-state index in [0.29, 0.717) is 24.3 Å². The van der Waals surface area contributed by atoms with E-state index >= 15 is 0 Å². The molecule has 0 radical (unpaired) electrons. The molecule has 0 unspecified atom stereocenters. The van der Waals surface area contributed by atoms with Gasteiger partial charge in [-0.1, -0.05) is 19.1 Å². The van der Waals surface area contributed by atoms with Crippen molar-refractivity contribution < 1.29 is 9.21 Å². The molecule has 2 aromatic rings. The predicted molar refractivity (Wildman–Crippen MR) is 79.3 cm³/mol. The number of carbonyl (C=O) groups is 1. The van der Waals surface area contributed by atoms with Crippen molar-refractivity contribution in [1.82, 2.24) is 4.90 Å². The van der Waals surface area contributed by atoms with E-state index in [2.05, 4.69) is 6.92 Å². The lowest BCUT2D eigenvalue weighted by Gasteiger charge is -2.21. The van der Waals surface area contributed by atoms with Crippen molar-refractivity contribution in [3.05, 3.63) is 53.5 Å². The van der Waals surface area contributed by atoms with Gasteiger partial charge in [-0.2, -0.15) is 0 Å². The first-order chi connectivity index (χ1) is 9.60. The number of hydrogen-bond donors (Lipinski definition) is 1. The van der Waals surface area contributed by atoms with Crippen LogP contribution >= 0.6 is 0 Å². The summed E-state index contributed by atoms with van der Waals surface area (Å²) in [7, 11) is 0. The van der Waals surface area contributed by atoms with E-state index in [4.69, 9.17) is 10.2 Å². The fourth-order valence-corrected chi connectivity index (χ4v) is 2.17. The first-order valence-corrected chi connectivity index (χ1v) is 6.79. The summed E-state index contributed by atoms with van der Waals surface area (Å²) in [4.78, 5) is 14.3. The molecule has 0 spiro atoms. The molecular formula is C16H20N2O2. The first kappa shape index (κ1) is 14.2. The maximum Gasteiger partial charge on any atom is 0.257 e. The van der Waals surface area contributed by atoms with Crippen molar-refractivity contribution in [3.63, 3.8) is 0 Å². The number of benzene rings is 1. The van der Waals surface area contributed by atoms with Gasteiger partial charge in [0.1, 0.15) is 12.0 Å². The van der Waals surface area contributed by atoms with Crippen LogP contribution in [-0.2, 0) is 6.54 Å². The largest absolute Gasteiger partial charge is 0.469 e. The number of nitrogen functional groups attached to an aromatic ring is 1. The van der Waals surface area contributed by atoms with Gasteiger partial charge in [0.05, 0.1) is 5.56 Å². The van der Waals surface area contributed by atoms with E-state index in [-0.39, 0.29) is 5.91 Å². The van der Waals surface area contributed by atoms with Gasteiger partial charge in [-0.25, -0.2) is 0 Å². The molecule has 0 saturated carbocycles. The summed E-state index contributed by atoms with van der Waals surface area (Å²) >= 11 is 0. The number of hydrogen-bond acceptors (Lipinski definition) is 3. The Bertz CT molecular complexity index is 590. The normalized spacial score (nSPS) is 10.5. The van der Waals surface area contributed by atoms with Crippen LogP contribution in [0.25, 0.3) is 0 Å². The molecule has 1 amide bonds. The molecule has 1 aromatic carbocycles. The Labute approximate surface area is 119 Å². The lowest BCUT2D eigenvalue weighted by molar-refractivity contribution is 0.0742. The Balaban J connectivity index is 2.16. The maximum atomic E-state index is 12.5. The SMILES string of the molecule is CCCN(Cc1cccc(N)c1)C(=O)c1coc(C)c1. The van der Waals surface area contributed by atoms with Crippen LogP contribution in [0.3, 0.4) is 0 Å². The molecule has 4 heteroatoms. The number of aryl methyl sites for hydroxylation is 1. The highest BCUT2D eigenvalue weighted by Gasteiger charge is 2.17. The highest BCUT2D eigenvalue weighted by atomic mass is 16.3. The number of carbonyl (C=O) groups excluding carboxylic acids is 1. The maximum absolute atomic E-state index is 12.5. The van der Waals surface area contributed by atoms with Gasteiger partial charge in [0, 0.05) is 18.8 Å². The van der Waals surface area contributed by atoms with Gasteiger partial charge in [-0.3, -0.25) is 4.79 Å². The number of furan rings is 1. The number of anilines is 1. The molecule has 2 N–H and O–H groups in total. The smallest absolute Gasteiger partial charge is 0.257 e. The summed E-state index contributed by atoms with van der Waals surface area (Å²) in [6.07, 6.45) is 2.42. The summed E-state index contributed by atoms with van der Waals surface area (Å²) in [6.45, 7) is 5.15. The summed E-state index contributed by atoms with van der Waals surface area (Å²) in [5, 5.41) is 0. The molecule has 20 heavy (non-hydrogen) atoms. The molecule has 0 atom stereocenters. The van der Waals surface area contributed by atoms with Crippen molar-refractivity contribution >= 4 is 11.6 Å². The van der Waals surface area contributed by atoms with E-state index in [1.54, 1.807) is 6.07 Å². The van der Waals surface area contributed by atoms with Gasteiger partial charge in [0.25, 0.3) is 5.91 Å². The van der Waals surface area contributed by atoms with Gasteiger partial charge in [0.2, 0.25) is 0 Å².